The fraction of sp³-hybridized carbons (Fsp3) is 0.176. The van der Waals surface area contributed by atoms with Crippen LogP contribution in [-0.2, 0) is 10.0 Å². The summed E-state index contributed by atoms with van der Waals surface area (Å²) < 4.78 is 28.2. The third-order valence-corrected chi connectivity index (χ3v) is 6.73. The van der Waals surface area contributed by atoms with Gasteiger partial charge in [-0.2, -0.15) is 5.10 Å². The standard InChI is InChI=1S/C17H16ClN3O3S2/c1-11-9-12(2)21(19-11)17(22)16-15(7-8-25-16)20(3)26(23,24)14-6-4-5-13(18)10-14/h4-10H,1-3H3. The molecule has 6 nitrogen and oxygen atoms in total. The van der Waals surface area contributed by atoms with Gasteiger partial charge in [0.2, 0.25) is 0 Å². The maximum atomic E-state index is 12.9. The van der Waals surface area contributed by atoms with E-state index in [2.05, 4.69) is 5.10 Å². The highest BCUT2D eigenvalue weighted by atomic mass is 35.5. The van der Waals surface area contributed by atoms with Gasteiger partial charge in [0.15, 0.2) is 0 Å². The van der Waals surface area contributed by atoms with Crippen LogP contribution in [-0.4, -0.2) is 31.2 Å². The van der Waals surface area contributed by atoms with Crippen molar-refractivity contribution in [3.63, 3.8) is 0 Å². The molecule has 136 valence electrons. The van der Waals surface area contributed by atoms with Crippen molar-refractivity contribution >= 4 is 44.6 Å². The molecular formula is C17H16ClN3O3S2. The topological polar surface area (TPSA) is 72.3 Å². The average Bonchev–Trinajstić information content (AvgIpc) is 3.19. The Kier molecular flexibility index (Phi) is 4.92. The molecule has 9 heteroatoms. The Balaban J connectivity index is 2.02. The summed E-state index contributed by atoms with van der Waals surface area (Å²) in [6, 6.07) is 9.40. The van der Waals surface area contributed by atoms with Gasteiger partial charge in [0.05, 0.1) is 16.3 Å². The van der Waals surface area contributed by atoms with Crippen LogP contribution in [0.3, 0.4) is 0 Å². The number of carbonyl (C=O) groups is 1. The number of thiophene rings is 1. The lowest BCUT2D eigenvalue weighted by atomic mass is 10.3. The van der Waals surface area contributed by atoms with Crippen molar-refractivity contribution in [1.82, 2.24) is 9.78 Å². The maximum Gasteiger partial charge on any atom is 0.290 e. The number of aromatic nitrogens is 2. The first-order chi connectivity index (χ1) is 12.2. The van der Waals surface area contributed by atoms with Crippen LogP contribution >= 0.6 is 22.9 Å². The fourth-order valence-corrected chi connectivity index (χ4v) is 4.97. The summed E-state index contributed by atoms with van der Waals surface area (Å²) in [6.07, 6.45) is 0. The van der Waals surface area contributed by atoms with Gasteiger partial charge in [-0.15, -0.1) is 11.3 Å². The molecule has 26 heavy (non-hydrogen) atoms. The molecule has 3 rings (SSSR count). The van der Waals surface area contributed by atoms with Crippen LogP contribution in [0.1, 0.15) is 21.1 Å². The Morgan fingerprint density at radius 1 is 1.23 bits per heavy atom. The average molecular weight is 410 g/mol. The maximum absolute atomic E-state index is 12.9. The molecule has 0 fully saturated rings. The molecule has 3 aromatic rings. The highest BCUT2D eigenvalue weighted by Crippen LogP contribution is 2.31. The monoisotopic (exact) mass is 409 g/mol. The van der Waals surface area contributed by atoms with Crippen LogP contribution in [0.2, 0.25) is 5.02 Å². The summed E-state index contributed by atoms with van der Waals surface area (Å²) in [6.45, 7) is 3.57. The number of benzene rings is 1. The van der Waals surface area contributed by atoms with E-state index < -0.39 is 10.0 Å². The van der Waals surface area contributed by atoms with E-state index in [9.17, 15) is 13.2 Å². The van der Waals surface area contributed by atoms with Crippen LogP contribution < -0.4 is 4.31 Å². The minimum atomic E-state index is -3.85. The first-order valence-corrected chi connectivity index (χ1v) is 10.3. The molecule has 0 saturated carbocycles. The Hall–Kier alpha value is -2.16. The zero-order valence-electron chi connectivity index (χ0n) is 14.3. The van der Waals surface area contributed by atoms with E-state index in [-0.39, 0.29) is 10.8 Å². The lowest BCUT2D eigenvalue weighted by molar-refractivity contribution is 0.0947. The molecule has 0 aliphatic heterocycles. The molecule has 1 aromatic carbocycles. The van der Waals surface area contributed by atoms with Crippen molar-refractivity contribution in [3.8, 4) is 0 Å². The Bertz CT molecular complexity index is 1090. The van der Waals surface area contributed by atoms with Crippen molar-refractivity contribution in [3.05, 3.63) is 63.1 Å². The minimum absolute atomic E-state index is 0.0585. The Labute approximate surface area is 160 Å². The van der Waals surface area contributed by atoms with E-state index in [0.29, 0.717) is 27.0 Å². The van der Waals surface area contributed by atoms with E-state index in [4.69, 9.17) is 11.6 Å². The number of sulfonamides is 1. The van der Waals surface area contributed by atoms with Crippen LogP contribution in [0.25, 0.3) is 0 Å². The second-order valence-corrected chi connectivity index (χ2v) is 9.03. The fourth-order valence-electron chi connectivity index (χ4n) is 2.56. The molecule has 2 aromatic heterocycles. The summed E-state index contributed by atoms with van der Waals surface area (Å²) in [5, 5.41) is 6.19. The molecule has 0 atom stereocenters. The SMILES string of the molecule is Cc1cc(C)n(C(=O)c2sccc2N(C)S(=O)(=O)c2cccc(Cl)c2)n1. The highest BCUT2D eigenvalue weighted by molar-refractivity contribution is 7.92. The first-order valence-electron chi connectivity index (χ1n) is 7.62. The van der Waals surface area contributed by atoms with E-state index in [1.807, 2.05) is 0 Å². The van der Waals surface area contributed by atoms with E-state index in [0.717, 1.165) is 4.31 Å². The second kappa shape index (κ2) is 6.86. The number of carbonyl (C=O) groups excluding carboxylic acids is 1. The van der Waals surface area contributed by atoms with E-state index in [1.165, 1.54) is 35.2 Å². The zero-order chi connectivity index (χ0) is 19.1. The van der Waals surface area contributed by atoms with Crippen LogP contribution in [0.4, 0.5) is 5.69 Å². The van der Waals surface area contributed by atoms with Crippen molar-refractivity contribution < 1.29 is 13.2 Å². The second-order valence-electron chi connectivity index (χ2n) is 5.71. The largest absolute Gasteiger partial charge is 0.290 e. The molecular weight excluding hydrogens is 394 g/mol. The Morgan fingerprint density at radius 3 is 2.58 bits per heavy atom. The molecule has 0 radical (unpaired) electrons. The Morgan fingerprint density at radius 2 is 1.96 bits per heavy atom. The summed E-state index contributed by atoms with van der Waals surface area (Å²) in [5.74, 6) is -0.367. The van der Waals surface area contributed by atoms with Crippen LogP contribution in [0, 0.1) is 13.8 Å². The van der Waals surface area contributed by atoms with Gasteiger partial charge in [-0.05, 0) is 49.6 Å². The number of anilines is 1. The van der Waals surface area contributed by atoms with Gasteiger partial charge < -0.3 is 0 Å². The predicted molar refractivity (Wildman–Crippen MR) is 103 cm³/mol. The zero-order valence-corrected chi connectivity index (χ0v) is 16.7. The number of hydrogen-bond donors (Lipinski definition) is 0. The molecule has 0 bridgehead atoms. The summed E-state index contributed by atoms with van der Waals surface area (Å²) in [5.41, 5.74) is 1.70. The molecule has 0 N–H and O–H groups in total. The van der Waals surface area contributed by atoms with Gasteiger partial charge in [-0.1, -0.05) is 17.7 Å². The van der Waals surface area contributed by atoms with Crippen molar-refractivity contribution in [2.24, 2.45) is 0 Å². The van der Waals surface area contributed by atoms with Gasteiger partial charge in [0.1, 0.15) is 4.88 Å². The quantitative estimate of drug-likeness (QED) is 0.658. The molecule has 0 unspecified atom stereocenters. The van der Waals surface area contributed by atoms with Gasteiger partial charge >= 0.3 is 0 Å². The predicted octanol–water partition coefficient (Wildman–Crippen LogP) is 3.73. The van der Waals surface area contributed by atoms with Gasteiger partial charge in [-0.25, -0.2) is 13.1 Å². The summed E-state index contributed by atoms with van der Waals surface area (Å²) in [7, 11) is -2.44. The summed E-state index contributed by atoms with van der Waals surface area (Å²) in [4.78, 5) is 13.2. The molecule has 0 amide bonds. The smallest absolute Gasteiger partial charge is 0.268 e. The van der Waals surface area contributed by atoms with Crippen molar-refractivity contribution in [1.29, 1.82) is 0 Å². The molecule has 0 aliphatic carbocycles. The van der Waals surface area contributed by atoms with Gasteiger partial charge in [0.25, 0.3) is 15.9 Å². The molecule has 0 spiro atoms. The number of nitrogens with zero attached hydrogens (tertiary/aromatic N) is 3. The van der Waals surface area contributed by atoms with Crippen molar-refractivity contribution in [2.75, 3.05) is 11.4 Å². The van der Waals surface area contributed by atoms with E-state index >= 15 is 0 Å². The lowest BCUT2D eigenvalue weighted by Gasteiger charge is -2.19. The van der Waals surface area contributed by atoms with Crippen LogP contribution in [0.15, 0.2) is 46.7 Å². The first kappa shape index (κ1) is 18.6. The third kappa shape index (κ3) is 3.27. The third-order valence-electron chi connectivity index (χ3n) is 3.83. The lowest BCUT2D eigenvalue weighted by Crippen LogP contribution is -2.28. The molecule has 0 saturated heterocycles. The normalized spacial score (nSPS) is 11.5. The van der Waals surface area contributed by atoms with Crippen LogP contribution in [0.5, 0.6) is 0 Å². The van der Waals surface area contributed by atoms with E-state index in [1.54, 1.807) is 43.5 Å². The summed E-state index contributed by atoms with van der Waals surface area (Å²) >= 11 is 7.09. The highest BCUT2D eigenvalue weighted by Gasteiger charge is 2.27. The number of hydrogen-bond acceptors (Lipinski definition) is 5. The minimum Gasteiger partial charge on any atom is -0.268 e. The van der Waals surface area contributed by atoms with Gasteiger partial charge in [0, 0.05) is 17.8 Å². The number of halogens is 1. The van der Waals surface area contributed by atoms with Crippen molar-refractivity contribution in [2.45, 2.75) is 18.7 Å². The molecule has 2 heterocycles. The van der Waals surface area contributed by atoms with Gasteiger partial charge in [-0.3, -0.25) is 9.10 Å². The molecule has 0 aliphatic rings. The number of aryl methyl sites for hydroxylation is 2. The number of rotatable bonds is 4.